The van der Waals surface area contributed by atoms with Crippen LogP contribution < -0.4 is 9.47 Å². The van der Waals surface area contributed by atoms with Gasteiger partial charge in [0.25, 0.3) is 10.1 Å². The molecule has 0 aliphatic rings. The summed E-state index contributed by atoms with van der Waals surface area (Å²) in [7, 11) is -0.654. The summed E-state index contributed by atoms with van der Waals surface area (Å²) >= 11 is 3.44. The number of rotatable bonds is 7. The predicted octanol–water partition coefficient (Wildman–Crippen LogP) is 3.72. The van der Waals surface area contributed by atoms with Crippen molar-refractivity contribution in [1.82, 2.24) is 0 Å². The van der Waals surface area contributed by atoms with Gasteiger partial charge in [0.2, 0.25) is 0 Å². The van der Waals surface area contributed by atoms with E-state index in [1.807, 2.05) is 6.92 Å². The van der Waals surface area contributed by atoms with Gasteiger partial charge in [-0.15, -0.1) is 0 Å². The highest BCUT2D eigenvalue weighted by Gasteiger charge is 2.16. The monoisotopic (exact) mass is 414 g/mol. The van der Waals surface area contributed by atoms with Crippen LogP contribution in [-0.4, -0.2) is 29.2 Å². The summed E-state index contributed by atoms with van der Waals surface area (Å²) in [6.45, 7) is 1.93. The summed E-state index contributed by atoms with van der Waals surface area (Å²) in [6, 6.07) is 10.1. The fraction of sp³-hybridized carbons (Fsp3) is 0.294. The Labute approximate surface area is 150 Å². The van der Waals surface area contributed by atoms with E-state index in [1.54, 1.807) is 38.5 Å². The van der Waals surface area contributed by atoms with E-state index in [0.29, 0.717) is 17.9 Å². The van der Waals surface area contributed by atoms with Crippen LogP contribution in [0.15, 0.2) is 45.8 Å². The summed E-state index contributed by atoms with van der Waals surface area (Å²) in [4.78, 5) is 0.152. The van der Waals surface area contributed by atoms with Crippen LogP contribution in [0.4, 0.5) is 0 Å². The third kappa shape index (κ3) is 4.49. The lowest BCUT2D eigenvalue weighted by molar-refractivity contribution is 0.321. The first-order valence-electron chi connectivity index (χ1n) is 7.24. The largest absolute Gasteiger partial charge is 0.493 e. The molecular weight excluding hydrogens is 396 g/mol. The van der Waals surface area contributed by atoms with E-state index in [1.165, 1.54) is 12.1 Å². The molecule has 0 atom stereocenters. The highest BCUT2D eigenvalue weighted by Crippen LogP contribution is 2.33. The zero-order valence-electron chi connectivity index (χ0n) is 13.7. The average Bonchev–Trinajstić information content (AvgIpc) is 2.56. The van der Waals surface area contributed by atoms with Gasteiger partial charge < -0.3 is 9.47 Å². The van der Waals surface area contributed by atoms with E-state index < -0.39 is 10.1 Å². The molecule has 0 aromatic heterocycles. The highest BCUT2D eigenvalue weighted by molar-refractivity contribution is 9.10. The Kier molecular flexibility index (Phi) is 6.26. The van der Waals surface area contributed by atoms with Gasteiger partial charge in [-0.05, 0) is 43.2 Å². The van der Waals surface area contributed by atoms with Crippen LogP contribution in [0.3, 0.4) is 0 Å². The second-order valence-corrected chi connectivity index (χ2v) is 7.61. The molecule has 0 unspecified atom stereocenters. The van der Waals surface area contributed by atoms with Crippen LogP contribution in [0.25, 0.3) is 0 Å². The van der Waals surface area contributed by atoms with Crippen LogP contribution in [0, 0.1) is 6.92 Å². The van der Waals surface area contributed by atoms with Crippen LogP contribution in [0.5, 0.6) is 11.5 Å². The Morgan fingerprint density at radius 2 is 1.58 bits per heavy atom. The number of aryl methyl sites for hydroxylation is 1. The maximum absolute atomic E-state index is 12.2. The summed E-state index contributed by atoms with van der Waals surface area (Å²) in [5, 5.41) is 0. The zero-order valence-corrected chi connectivity index (χ0v) is 16.1. The number of halogens is 1. The van der Waals surface area contributed by atoms with E-state index in [0.717, 1.165) is 15.6 Å². The highest BCUT2D eigenvalue weighted by atomic mass is 79.9. The van der Waals surface area contributed by atoms with Crippen molar-refractivity contribution in [3.63, 3.8) is 0 Å². The second kappa shape index (κ2) is 8.00. The minimum Gasteiger partial charge on any atom is -0.493 e. The normalized spacial score (nSPS) is 11.3. The van der Waals surface area contributed by atoms with Crippen molar-refractivity contribution in [2.45, 2.75) is 18.2 Å². The third-order valence-electron chi connectivity index (χ3n) is 3.47. The molecule has 2 aromatic rings. The van der Waals surface area contributed by atoms with Crippen molar-refractivity contribution in [2.24, 2.45) is 0 Å². The molecule has 2 aromatic carbocycles. The fourth-order valence-electron chi connectivity index (χ4n) is 2.12. The number of hydrogen-bond acceptors (Lipinski definition) is 5. The maximum Gasteiger partial charge on any atom is 0.296 e. The molecule has 2 rings (SSSR count). The topological polar surface area (TPSA) is 61.8 Å². The average molecular weight is 415 g/mol. The van der Waals surface area contributed by atoms with Crippen LogP contribution in [-0.2, 0) is 20.7 Å². The van der Waals surface area contributed by atoms with Gasteiger partial charge in [-0.3, -0.25) is 4.18 Å². The van der Waals surface area contributed by atoms with Crippen LogP contribution >= 0.6 is 15.9 Å². The molecule has 0 aliphatic heterocycles. The first-order chi connectivity index (χ1) is 11.4. The first-order valence-corrected chi connectivity index (χ1v) is 9.44. The van der Waals surface area contributed by atoms with Gasteiger partial charge in [-0.2, -0.15) is 8.42 Å². The lowest BCUT2D eigenvalue weighted by Crippen LogP contribution is -2.09. The SMILES string of the molecule is COc1cc(Br)c(CCOS(=O)(=O)c2ccc(C)cc2)cc1OC. The molecule has 0 aliphatic carbocycles. The molecule has 0 saturated carbocycles. The summed E-state index contributed by atoms with van der Waals surface area (Å²) in [5.41, 5.74) is 1.86. The molecular formula is C17H19BrO5S. The third-order valence-corrected chi connectivity index (χ3v) is 5.54. The summed E-state index contributed by atoms with van der Waals surface area (Å²) < 4.78 is 40.7. The van der Waals surface area contributed by atoms with Gasteiger partial charge in [-0.25, -0.2) is 0 Å². The summed E-state index contributed by atoms with van der Waals surface area (Å²) in [6.07, 6.45) is 0.409. The number of hydrogen-bond donors (Lipinski definition) is 0. The quantitative estimate of drug-likeness (QED) is 0.645. The Balaban J connectivity index is 2.07. The van der Waals surface area contributed by atoms with E-state index in [4.69, 9.17) is 13.7 Å². The van der Waals surface area contributed by atoms with E-state index in [-0.39, 0.29) is 11.5 Å². The Bertz CT molecular complexity index is 800. The van der Waals surface area contributed by atoms with Crippen molar-refractivity contribution < 1.29 is 22.1 Å². The van der Waals surface area contributed by atoms with Crippen LogP contribution in [0.1, 0.15) is 11.1 Å². The molecule has 0 spiro atoms. The molecule has 0 amide bonds. The van der Waals surface area contributed by atoms with Crippen LogP contribution in [0.2, 0.25) is 0 Å². The minimum absolute atomic E-state index is 0.0320. The summed E-state index contributed by atoms with van der Waals surface area (Å²) in [5.74, 6) is 1.18. The minimum atomic E-state index is -3.76. The van der Waals surface area contributed by atoms with E-state index >= 15 is 0 Å². The van der Waals surface area contributed by atoms with Gasteiger partial charge in [0.15, 0.2) is 11.5 Å². The zero-order chi connectivity index (χ0) is 17.7. The molecule has 0 fully saturated rings. The maximum atomic E-state index is 12.2. The first kappa shape index (κ1) is 18.8. The Morgan fingerprint density at radius 3 is 2.17 bits per heavy atom. The molecule has 24 heavy (non-hydrogen) atoms. The fourth-order valence-corrected chi connectivity index (χ4v) is 3.55. The number of methoxy groups -OCH3 is 2. The molecule has 0 heterocycles. The van der Waals surface area contributed by atoms with E-state index in [2.05, 4.69) is 15.9 Å². The predicted molar refractivity (Wildman–Crippen MR) is 95.3 cm³/mol. The van der Waals surface area contributed by atoms with Crippen molar-refractivity contribution >= 4 is 26.0 Å². The van der Waals surface area contributed by atoms with Gasteiger partial charge in [0.05, 0.1) is 25.7 Å². The number of benzene rings is 2. The molecule has 7 heteroatoms. The molecule has 0 N–H and O–H groups in total. The standard InChI is InChI=1S/C17H19BrO5S/c1-12-4-6-14(7-5-12)24(19,20)23-9-8-13-10-16(21-2)17(22-3)11-15(13)18/h4-7,10-11H,8-9H2,1-3H3. The van der Waals surface area contributed by atoms with Gasteiger partial charge in [0, 0.05) is 4.47 Å². The van der Waals surface area contributed by atoms with Crippen molar-refractivity contribution in [3.05, 3.63) is 52.0 Å². The van der Waals surface area contributed by atoms with Crippen molar-refractivity contribution in [1.29, 1.82) is 0 Å². The lowest BCUT2D eigenvalue weighted by Gasteiger charge is -2.12. The van der Waals surface area contributed by atoms with E-state index in [9.17, 15) is 8.42 Å². The molecule has 0 saturated heterocycles. The van der Waals surface area contributed by atoms with Gasteiger partial charge >= 0.3 is 0 Å². The van der Waals surface area contributed by atoms with Gasteiger partial charge in [0.1, 0.15) is 0 Å². The molecule has 130 valence electrons. The molecule has 5 nitrogen and oxygen atoms in total. The molecule has 0 radical (unpaired) electrons. The smallest absolute Gasteiger partial charge is 0.296 e. The Morgan fingerprint density at radius 1 is 1.00 bits per heavy atom. The van der Waals surface area contributed by atoms with Crippen molar-refractivity contribution in [2.75, 3.05) is 20.8 Å². The lowest BCUT2D eigenvalue weighted by atomic mass is 10.1. The van der Waals surface area contributed by atoms with Gasteiger partial charge in [-0.1, -0.05) is 33.6 Å². The van der Waals surface area contributed by atoms with Crippen molar-refractivity contribution in [3.8, 4) is 11.5 Å². The molecule has 0 bridgehead atoms. The second-order valence-electron chi connectivity index (χ2n) is 5.14. The Hall–Kier alpha value is -1.57. The number of ether oxygens (including phenoxy) is 2.